The van der Waals surface area contributed by atoms with Gasteiger partial charge in [-0.05, 0) is 41.9 Å². The van der Waals surface area contributed by atoms with Crippen molar-refractivity contribution in [2.45, 2.75) is 52.0 Å². The number of carboxylic acid groups (broad SMARTS) is 1. The number of hydrogen-bond acceptors (Lipinski definition) is 3. The van der Waals surface area contributed by atoms with E-state index in [9.17, 15) is 4.79 Å². The molecule has 4 atom stereocenters. The highest BCUT2D eigenvalue weighted by atomic mass is 16.4. The van der Waals surface area contributed by atoms with E-state index in [1.165, 1.54) is 25.7 Å². The number of carboxylic acids is 1. The topological polar surface area (TPSA) is 75.3 Å². The number of aliphatic carboxylic acids is 1. The minimum absolute atomic E-state index is 0.368. The lowest BCUT2D eigenvalue weighted by Gasteiger charge is -2.36. The van der Waals surface area contributed by atoms with Crippen LogP contribution >= 0.6 is 0 Å². The monoisotopic (exact) mass is 318 g/mol. The SMILES string of the molecule is CCC1CCCC(C)C1CNc1ccc(CC(N)C(=O)O)cc1. The highest BCUT2D eigenvalue weighted by Gasteiger charge is 2.29. The molecule has 0 saturated heterocycles. The minimum atomic E-state index is -0.955. The Balaban J connectivity index is 1.89. The molecule has 1 aliphatic rings. The molecule has 4 N–H and O–H groups in total. The first-order valence-corrected chi connectivity index (χ1v) is 8.82. The molecule has 1 saturated carbocycles. The smallest absolute Gasteiger partial charge is 0.320 e. The highest BCUT2D eigenvalue weighted by molar-refractivity contribution is 5.73. The lowest BCUT2D eigenvalue weighted by Crippen LogP contribution is -2.32. The largest absolute Gasteiger partial charge is 0.480 e. The molecule has 128 valence electrons. The first-order valence-electron chi connectivity index (χ1n) is 8.82. The first kappa shape index (κ1) is 17.8. The Hall–Kier alpha value is -1.55. The molecular weight excluding hydrogens is 288 g/mol. The van der Waals surface area contributed by atoms with E-state index in [0.29, 0.717) is 6.42 Å². The predicted octanol–water partition coefficient (Wildman–Crippen LogP) is 3.52. The molecule has 4 unspecified atom stereocenters. The fourth-order valence-corrected chi connectivity index (χ4v) is 3.81. The van der Waals surface area contributed by atoms with Crippen molar-refractivity contribution in [3.05, 3.63) is 29.8 Å². The van der Waals surface area contributed by atoms with E-state index in [4.69, 9.17) is 10.8 Å². The van der Waals surface area contributed by atoms with Crippen LogP contribution in [0, 0.1) is 17.8 Å². The van der Waals surface area contributed by atoms with Gasteiger partial charge in [-0.15, -0.1) is 0 Å². The molecule has 2 rings (SSSR count). The maximum atomic E-state index is 10.8. The molecule has 23 heavy (non-hydrogen) atoms. The Labute approximate surface area is 139 Å². The van der Waals surface area contributed by atoms with E-state index in [1.807, 2.05) is 24.3 Å². The van der Waals surface area contributed by atoms with Gasteiger partial charge in [-0.25, -0.2) is 0 Å². The van der Waals surface area contributed by atoms with Crippen LogP contribution in [0.1, 0.15) is 45.1 Å². The zero-order chi connectivity index (χ0) is 16.8. The van der Waals surface area contributed by atoms with Crippen molar-refractivity contribution in [2.75, 3.05) is 11.9 Å². The Kier molecular flexibility index (Phi) is 6.46. The van der Waals surface area contributed by atoms with Gasteiger partial charge < -0.3 is 16.2 Å². The van der Waals surface area contributed by atoms with Crippen molar-refractivity contribution in [3.8, 4) is 0 Å². The van der Waals surface area contributed by atoms with Crippen molar-refractivity contribution in [1.29, 1.82) is 0 Å². The molecule has 0 spiro atoms. The predicted molar refractivity (Wildman–Crippen MR) is 94.5 cm³/mol. The second-order valence-electron chi connectivity index (χ2n) is 6.97. The number of carbonyl (C=O) groups is 1. The van der Waals surface area contributed by atoms with Crippen molar-refractivity contribution in [2.24, 2.45) is 23.5 Å². The first-order chi connectivity index (χ1) is 11.0. The average Bonchev–Trinajstić information content (AvgIpc) is 2.54. The lowest BCUT2D eigenvalue weighted by molar-refractivity contribution is -0.138. The van der Waals surface area contributed by atoms with E-state index in [0.717, 1.165) is 35.5 Å². The molecule has 4 heteroatoms. The second kappa shape index (κ2) is 8.34. The summed E-state index contributed by atoms with van der Waals surface area (Å²) in [6, 6.07) is 7.15. The summed E-state index contributed by atoms with van der Waals surface area (Å²) in [5.74, 6) is 1.41. The zero-order valence-electron chi connectivity index (χ0n) is 14.3. The van der Waals surface area contributed by atoms with Crippen LogP contribution in [0.2, 0.25) is 0 Å². The number of nitrogens with two attached hydrogens (primary N) is 1. The van der Waals surface area contributed by atoms with E-state index in [2.05, 4.69) is 19.2 Å². The molecule has 1 aromatic rings. The molecule has 1 aliphatic carbocycles. The summed E-state index contributed by atoms with van der Waals surface area (Å²) in [5, 5.41) is 12.4. The number of anilines is 1. The molecule has 0 heterocycles. The normalized spacial score (nSPS) is 25.8. The summed E-state index contributed by atoms with van der Waals surface area (Å²) in [7, 11) is 0. The molecular formula is C19H30N2O2. The number of benzene rings is 1. The van der Waals surface area contributed by atoms with Gasteiger partial charge in [0.05, 0.1) is 0 Å². The van der Waals surface area contributed by atoms with Gasteiger partial charge in [-0.2, -0.15) is 0 Å². The molecule has 0 radical (unpaired) electrons. The van der Waals surface area contributed by atoms with Gasteiger partial charge in [0.1, 0.15) is 6.04 Å². The molecule has 0 aromatic heterocycles. The van der Waals surface area contributed by atoms with Gasteiger partial charge >= 0.3 is 5.97 Å². The molecule has 1 aromatic carbocycles. The summed E-state index contributed by atoms with van der Waals surface area (Å²) in [6.45, 7) is 5.70. The molecule has 0 bridgehead atoms. The Morgan fingerprint density at radius 3 is 2.65 bits per heavy atom. The lowest BCUT2D eigenvalue weighted by atomic mass is 9.71. The fourth-order valence-electron chi connectivity index (χ4n) is 3.81. The van der Waals surface area contributed by atoms with Gasteiger partial charge in [0.25, 0.3) is 0 Å². The number of hydrogen-bond donors (Lipinski definition) is 3. The molecule has 0 amide bonds. The van der Waals surface area contributed by atoms with E-state index >= 15 is 0 Å². The third-order valence-electron chi connectivity index (χ3n) is 5.36. The van der Waals surface area contributed by atoms with Crippen LogP contribution in [0.15, 0.2) is 24.3 Å². The maximum absolute atomic E-state index is 10.8. The van der Waals surface area contributed by atoms with Gasteiger partial charge in [-0.3, -0.25) is 4.79 Å². The number of nitrogens with one attached hydrogen (secondary N) is 1. The third kappa shape index (κ3) is 4.96. The third-order valence-corrected chi connectivity index (χ3v) is 5.36. The Bertz CT molecular complexity index is 501. The fraction of sp³-hybridized carbons (Fsp3) is 0.632. The van der Waals surface area contributed by atoms with Gasteiger partial charge in [-0.1, -0.05) is 51.7 Å². The van der Waals surface area contributed by atoms with Crippen LogP contribution < -0.4 is 11.1 Å². The van der Waals surface area contributed by atoms with E-state index in [1.54, 1.807) is 0 Å². The average molecular weight is 318 g/mol. The summed E-state index contributed by atoms with van der Waals surface area (Å²) in [6.07, 6.45) is 5.71. The van der Waals surface area contributed by atoms with Crippen molar-refractivity contribution < 1.29 is 9.90 Å². The summed E-state index contributed by atoms with van der Waals surface area (Å²) in [4.78, 5) is 10.8. The quantitative estimate of drug-likeness (QED) is 0.719. The van der Waals surface area contributed by atoms with Crippen LogP contribution in [0.4, 0.5) is 5.69 Å². The van der Waals surface area contributed by atoms with Crippen LogP contribution in [-0.4, -0.2) is 23.7 Å². The van der Waals surface area contributed by atoms with E-state index in [-0.39, 0.29) is 0 Å². The van der Waals surface area contributed by atoms with E-state index < -0.39 is 12.0 Å². The van der Waals surface area contributed by atoms with Crippen molar-refractivity contribution in [3.63, 3.8) is 0 Å². The van der Waals surface area contributed by atoms with Crippen LogP contribution in [0.3, 0.4) is 0 Å². The molecule has 0 aliphatic heterocycles. The highest BCUT2D eigenvalue weighted by Crippen LogP contribution is 2.36. The van der Waals surface area contributed by atoms with Crippen molar-refractivity contribution >= 4 is 11.7 Å². The summed E-state index contributed by atoms with van der Waals surface area (Å²) in [5.41, 5.74) is 7.64. The van der Waals surface area contributed by atoms with Crippen LogP contribution in [-0.2, 0) is 11.2 Å². The van der Waals surface area contributed by atoms with Gasteiger partial charge in [0, 0.05) is 12.2 Å². The standard InChI is InChI=1S/C19H30N2O2/c1-3-15-6-4-5-13(2)17(15)12-21-16-9-7-14(8-10-16)11-18(20)19(22)23/h7-10,13,15,17-18,21H,3-6,11-12,20H2,1-2H3,(H,22,23). The number of rotatable bonds is 7. The zero-order valence-corrected chi connectivity index (χ0v) is 14.3. The summed E-state index contributed by atoms with van der Waals surface area (Å²) < 4.78 is 0. The second-order valence-corrected chi connectivity index (χ2v) is 6.97. The minimum Gasteiger partial charge on any atom is -0.480 e. The Morgan fingerprint density at radius 1 is 1.35 bits per heavy atom. The van der Waals surface area contributed by atoms with Gasteiger partial charge in [0.2, 0.25) is 0 Å². The molecule has 1 fully saturated rings. The summed E-state index contributed by atoms with van der Waals surface area (Å²) >= 11 is 0. The van der Waals surface area contributed by atoms with Crippen LogP contribution in [0.25, 0.3) is 0 Å². The van der Waals surface area contributed by atoms with Gasteiger partial charge in [0.15, 0.2) is 0 Å². The Morgan fingerprint density at radius 2 is 2.04 bits per heavy atom. The van der Waals surface area contributed by atoms with Crippen molar-refractivity contribution in [1.82, 2.24) is 0 Å². The van der Waals surface area contributed by atoms with Crippen LogP contribution in [0.5, 0.6) is 0 Å². The maximum Gasteiger partial charge on any atom is 0.320 e. The molecule has 4 nitrogen and oxygen atoms in total.